The van der Waals surface area contributed by atoms with Crippen molar-refractivity contribution in [2.45, 2.75) is 33.6 Å². The molecule has 0 fully saturated rings. The van der Waals surface area contributed by atoms with Gasteiger partial charge < -0.3 is 10.6 Å². The summed E-state index contributed by atoms with van der Waals surface area (Å²) in [5.74, 6) is 0.717. The Bertz CT molecular complexity index is 932. The highest BCUT2D eigenvalue weighted by atomic mass is 16.1. The van der Waals surface area contributed by atoms with Crippen LogP contribution in [0.15, 0.2) is 54.9 Å². The van der Waals surface area contributed by atoms with Gasteiger partial charge in [-0.05, 0) is 43.0 Å². The third-order valence-corrected chi connectivity index (χ3v) is 4.37. The van der Waals surface area contributed by atoms with E-state index in [4.69, 9.17) is 0 Å². The molecule has 0 aliphatic rings. The average molecular weight is 360 g/mol. The molecule has 138 valence electrons. The molecule has 27 heavy (non-hydrogen) atoms. The summed E-state index contributed by atoms with van der Waals surface area (Å²) >= 11 is 0. The minimum atomic E-state index is -0.281. The molecule has 1 heterocycles. The molecule has 5 nitrogen and oxygen atoms in total. The molecule has 5 heteroatoms. The average Bonchev–Trinajstić information content (AvgIpc) is 2.65. The van der Waals surface area contributed by atoms with E-state index in [2.05, 4.69) is 59.6 Å². The minimum Gasteiger partial charge on any atom is -0.338 e. The zero-order valence-electron chi connectivity index (χ0n) is 16.1. The van der Waals surface area contributed by atoms with Gasteiger partial charge >= 0.3 is 0 Å². The number of para-hydroxylation sites is 1. The third kappa shape index (κ3) is 4.50. The minimum absolute atomic E-state index is 0.273. The van der Waals surface area contributed by atoms with Gasteiger partial charge in [0.05, 0.1) is 12.4 Å². The fraction of sp³-hybridized carbons (Fsp3) is 0.227. The summed E-state index contributed by atoms with van der Waals surface area (Å²) in [4.78, 5) is 20.9. The summed E-state index contributed by atoms with van der Waals surface area (Å²) in [5.41, 5.74) is 5.55. The number of carbonyl (C=O) groups is 1. The van der Waals surface area contributed by atoms with Gasteiger partial charge in [0.1, 0.15) is 11.5 Å². The molecule has 2 N–H and O–H groups in total. The molecule has 2 aromatic carbocycles. The van der Waals surface area contributed by atoms with E-state index in [9.17, 15) is 4.79 Å². The Kier molecular flexibility index (Phi) is 5.50. The number of nitrogens with zero attached hydrogens (tertiary/aromatic N) is 2. The molecule has 1 aromatic heterocycles. The van der Waals surface area contributed by atoms with Gasteiger partial charge in [0, 0.05) is 11.4 Å². The monoisotopic (exact) mass is 360 g/mol. The summed E-state index contributed by atoms with van der Waals surface area (Å²) in [6, 6.07) is 13.8. The molecule has 1 amide bonds. The fourth-order valence-electron chi connectivity index (χ4n) is 2.81. The number of nitrogens with one attached hydrogen (secondary N) is 2. The van der Waals surface area contributed by atoms with Crippen molar-refractivity contribution < 1.29 is 4.79 Å². The summed E-state index contributed by atoms with van der Waals surface area (Å²) in [6.45, 7) is 8.38. The number of aryl methyl sites for hydroxylation is 2. The van der Waals surface area contributed by atoms with Gasteiger partial charge in [0.25, 0.3) is 5.91 Å². The maximum absolute atomic E-state index is 12.3. The first-order valence-electron chi connectivity index (χ1n) is 9.00. The number of hydrogen-bond acceptors (Lipinski definition) is 4. The summed E-state index contributed by atoms with van der Waals surface area (Å²) in [6.07, 6.45) is 3.07. The summed E-state index contributed by atoms with van der Waals surface area (Å²) in [5, 5.41) is 6.16. The van der Waals surface area contributed by atoms with Gasteiger partial charge in [-0.2, -0.15) is 0 Å². The number of aromatic nitrogens is 2. The number of amides is 1. The maximum Gasteiger partial charge on any atom is 0.275 e. The highest BCUT2D eigenvalue weighted by Gasteiger charge is 2.12. The lowest BCUT2D eigenvalue weighted by molar-refractivity contribution is 0.102. The molecule has 3 aromatic rings. The van der Waals surface area contributed by atoms with E-state index in [-0.39, 0.29) is 11.6 Å². The molecule has 0 saturated carbocycles. The molecule has 0 spiro atoms. The Labute approximate surface area is 159 Å². The topological polar surface area (TPSA) is 66.9 Å². The van der Waals surface area contributed by atoms with Crippen molar-refractivity contribution in [2.24, 2.45) is 0 Å². The summed E-state index contributed by atoms with van der Waals surface area (Å²) in [7, 11) is 0. The lowest BCUT2D eigenvalue weighted by Crippen LogP contribution is -2.14. The second-order valence-electron chi connectivity index (χ2n) is 6.93. The molecular weight excluding hydrogens is 336 g/mol. The number of hydrogen-bond donors (Lipinski definition) is 2. The molecule has 3 rings (SSSR count). The number of anilines is 3. The van der Waals surface area contributed by atoms with Crippen molar-refractivity contribution in [1.82, 2.24) is 9.97 Å². The molecule has 0 aliphatic heterocycles. The van der Waals surface area contributed by atoms with Crippen LogP contribution in [0.2, 0.25) is 0 Å². The molecule has 0 radical (unpaired) electrons. The van der Waals surface area contributed by atoms with Crippen molar-refractivity contribution in [1.29, 1.82) is 0 Å². The van der Waals surface area contributed by atoms with Crippen molar-refractivity contribution in [2.75, 3.05) is 10.6 Å². The van der Waals surface area contributed by atoms with Crippen LogP contribution in [0.5, 0.6) is 0 Å². The van der Waals surface area contributed by atoms with E-state index in [1.165, 1.54) is 11.8 Å². The van der Waals surface area contributed by atoms with Gasteiger partial charge in [0.15, 0.2) is 0 Å². The molecule has 0 saturated heterocycles. The Hall–Kier alpha value is -3.21. The van der Waals surface area contributed by atoms with Crippen LogP contribution in [0.4, 0.5) is 17.2 Å². The van der Waals surface area contributed by atoms with Crippen molar-refractivity contribution in [3.05, 3.63) is 77.2 Å². The van der Waals surface area contributed by atoms with Crippen LogP contribution >= 0.6 is 0 Å². The number of carbonyl (C=O) groups excluding carboxylic acids is 1. The maximum atomic E-state index is 12.3. The van der Waals surface area contributed by atoms with Crippen LogP contribution in [0, 0.1) is 13.8 Å². The lowest BCUT2D eigenvalue weighted by atomic mass is 9.98. The Morgan fingerprint density at radius 3 is 2.33 bits per heavy atom. The first-order valence-corrected chi connectivity index (χ1v) is 9.00. The van der Waals surface area contributed by atoms with Crippen molar-refractivity contribution in [3.8, 4) is 0 Å². The molecule has 0 bridgehead atoms. The predicted octanol–water partition coefficient (Wildman–Crippen LogP) is 5.21. The lowest BCUT2D eigenvalue weighted by Gasteiger charge is -2.16. The normalized spacial score (nSPS) is 10.7. The van der Waals surface area contributed by atoms with Crippen LogP contribution in [-0.4, -0.2) is 15.9 Å². The number of rotatable bonds is 5. The second-order valence-corrected chi connectivity index (χ2v) is 6.93. The van der Waals surface area contributed by atoms with Crippen LogP contribution < -0.4 is 10.6 Å². The molecule has 0 aliphatic carbocycles. The zero-order chi connectivity index (χ0) is 19.4. The molecule has 0 atom stereocenters. The second kappa shape index (κ2) is 7.99. The van der Waals surface area contributed by atoms with Crippen LogP contribution in [-0.2, 0) is 0 Å². The smallest absolute Gasteiger partial charge is 0.275 e. The fourth-order valence-corrected chi connectivity index (χ4v) is 2.81. The van der Waals surface area contributed by atoms with E-state index in [1.54, 1.807) is 6.20 Å². The first kappa shape index (κ1) is 18.6. The van der Waals surface area contributed by atoms with E-state index in [0.29, 0.717) is 11.7 Å². The van der Waals surface area contributed by atoms with Gasteiger partial charge in [-0.1, -0.05) is 49.7 Å². The largest absolute Gasteiger partial charge is 0.338 e. The Balaban J connectivity index is 1.74. The summed E-state index contributed by atoms with van der Waals surface area (Å²) < 4.78 is 0. The first-order chi connectivity index (χ1) is 12.9. The Morgan fingerprint density at radius 2 is 1.70 bits per heavy atom. The molecular formula is C22H24N4O. The quantitative estimate of drug-likeness (QED) is 0.655. The number of benzene rings is 2. The predicted molar refractivity (Wildman–Crippen MR) is 110 cm³/mol. The van der Waals surface area contributed by atoms with Gasteiger partial charge in [-0.3, -0.25) is 4.79 Å². The highest BCUT2D eigenvalue weighted by molar-refractivity contribution is 6.02. The van der Waals surface area contributed by atoms with Crippen LogP contribution in [0.1, 0.15) is 46.9 Å². The van der Waals surface area contributed by atoms with Crippen LogP contribution in [0.25, 0.3) is 0 Å². The highest BCUT2D eigenvalue weighted by Crippen LogP contribution is 2.29. The third-order valence-electron chi connectivity index (χ3n) is 4.37. The SMILES string of the molecule is Cc1ccc(NC(=O)c2cnc(Nc3c(C)cccc3C(C)C)cn2)cc1. The molecule has 0 unspecified atom stereocenters. The Morgan fingerprint density at radius 1 is 0.963 bits per heavy atom. The standard InChI is InChI=1S/C22H24N4O/c1-14(2)18-7-5-6-16(4)21(18)26-20-13-23-19(12-24-20)22(27)25-17-10-8-15(3)9-11-17/h5-14H,1-4H3,(H,24,26)(H,25,27). The van der Waals surface area contributed by atoms with Crippen molar-refractivity contribution in [3.63, 3.8) is 0 Å². The van der Waals surface area contributed by atoms with Gasteiger partial charge in [0.2, 0.25) is 0 Å². The van der Waals surface area contributed by atoms with Gasteiger partial charge in [-0.15, -0.1) is 0 Å². The van der Waals surface area contributed by atoms with Crippen molar-refractivity contribution >= 4 is 23.1 Å². The van der Waals surface area contributed by atoms with Gasteiger partial charge in [-0.25, -0.2) is 9.97 Å². The van der Waals surface area contributed by atoms with E-state index < -0.39 is 0 Å². The van der Waals surface area contributed by atoms with E-state index in [0.717, 1.165) is 22.5 Å². The zero-order valence-corrected chi connectivity index (χ0v) is 16.1. The van der Waals surface area contributed by atoms with Crippen LogP contribution in [0.3, 0.4) is 0 Å². The van der Waals surface area contributed by atoms with E-state index in [1.807, 2.05) is 31.2 Å². The van der Waals surface area contributed by atoms with E-state index >= 15 is 0 Å².